The molecule has 1 aliphatic rings. The minimum absolute atomic E-state index is 0. The second kappa shape index (κ2) is 8.85. The second-order valence-electron chi connectivity index (χ2n) is 4.86. The van der Waals surface area contributed by atoms with Crippen molar-refractivity contribution in [3.05, 3.63) is 21.3 Å². The Morgan fingerprint density at radius 2 is 2.35 bits per heavy atom. The van der Waals surface area contributed by atoms with E-state index in [2.05, 4.69) is 16.3 Å². The lowest BCUT2D eigenvalue weighted by molar-refractivity contribution is -0.126. The molecule has 7 heteroatoms. The average molecular weight is 338 g/mol. The third-order valence-electron chi connectivity index (χ3n) is 3.33. The summed E-state index contributed by atoms with van der Waals surface area (Å²) in [7, 11) is 0. The molecule has 0 spiro atoms. The Morgan fingerprint density at radius 3 is 3.00 bits per heavy atom. The zero-order valence-electron chi connectivity index (χ0n) is 11.3. The molecule has 1 aliphatic heterocycles. The van der Waals surface area contributed by atoms with Crippen LogP contribution >= 0.6 is 35.3 Å². The highest BCUT2D eigenvalue weighted by Gasteiger charge is 2.25. The van der Waals surface area contributed by atoms with Crippen LogP contribution in [0.3, 0.4) is 0 Å². The van der Waals surface area contributed by atoms with Crippen LogP contribution in [0.25, 0.3) is 0 Å². The molecule has 0 aliphatic carbocycles. The monoisotopic (exact) mass is 337 g/mol. The minimum atomic E-state index is 0. The van der Waals surface area contributed by atoms with Gasteiger partial charge in [-0.1, -0.05) is 11.6 Å². The van der Waals surface area contributed by atoms with Crippen molar-refractivity contribution in [3.63, 3.8) is 0 Å². The van der Waals surface area contributed by atoms with E-state index in [4.69, 9.17) is 17.3 Å². The molecule has 0 saturated carbocycles. The molecule has 1 fully saturated rings. The Kier molecular flexibility index (Phi) is 7.84. The fourth-order valence-electron chi connectivity index (χ4n) is 2.41. The van der Waals surface area contributed by atoms with Crippen molar-refractivity contribution in [1.82, 2.24) is 10.2 Å². The van der Waals surface area contributed by atoms with Crippen LogP contribution in [-0.2, 0) is 11.3 Å². The summed E-state index contributed by atoms with van der Waals surface area (Å²) >= 11 is 7.55. The SMILES string of the molecule is Cl.NCCNC(=O)C1CCCN(Cc2ccc(Cl)s2)C1. The summed E-state index contributed by atoms with van der Waals surface area (Å²) in [5.74, 6) is 0.232. The Bertz CT molecular complexity index is 428. The first-order valence-corrected chi connectivity index (χ1v) is 7.83. The van der Waals surface area contributed by atoms with Crippen molar-refractivity contribution in [2.24, 2.45) is 11.7 Å². The standard InChI is InChI=1S/C13H20ClN3OS.ClH/c14-12-4-3-11(19-12)9-17-7-1-2-10(8-17)13(18)16-6-5-15;/h3-4,10H,1-2,5-9,15H2,(H,16,18);1H. The highest BCUT2D eigenvalue weighted by molar-refractivity contribution is 7.16. The van der Waals surface area contributed by atoms with Gasteiger partial charge in [0.05, 0.1) is 10.3 Å². The molecule has 0 aromatic carbocycles. The topological polar surface area (TPSA) is 58.4 Å². The predicted molar refractivity (Wildman–Crippen MR) is 86.6 cm³/mol. The van der Waals surface area contributed by atoms with Gasteiger partial charge in [-0.2, -0.15) is 0 Å². The van der Waals surface area contributed by atoms with Crippen LogP contribution in [0.2, 0.25) is 4.34 Å². The zero-order valence-corrected chi connectivity index (χ0v) is 13.7. The average Bonchev–Trinajstić information content (AvgIpc) is 2.81. The number of hydrogen-bond acceptors (Lipinski definition) is 4. The molecule has 2 rings (SSSR count). The molecule has 1 aromatic heterocycles. The summed E-state index contributed by atoms with van der Waals surface area (Å²) in [6.45, 7) is 3.83. The van der Waals surface area contributed by atoms with Crippen molar-refractivity contribution < 1.29 is 4.79 Å². The lowest BCUT2D eigenvalue weighted by Crippen LogP contribution is -2.43. The molecule has 1 amide bonds. The smallest absolute Gasteiger partial charge is 0.224 e. The van der Waals surface area contributed by atoms with Crippen LogP contribution in [0.1, 0.15) is 17.7 Å². The first-order valence-electron chi connectivity index (χ1n) is 6.63. The minimum Gasteiger partial charge on any atom is -0.355 e. The number of halogens is 2. The first kappa shape index (κ1) is 17.7. The quantitative estimate of drug-likeness (QED) is 0.865. The van der Waals surface area contributed by atoms with Gasteiger partial charge in [0.25, 0.3) is 0 Å². The van der Waals surface area contributed by atoms with Gasteiger partial charge in [0, 0.05) is 31.1 Å². The fourth-order valence-corrected chi connectivity index (χ4v) is 3.54. The van der Waals surface area contributed by atoms with E-state index in [1.54, 1.807) is 11.3 Å². The summed E-state index contributed by atoms with van der Waals surface area (Å²) < 4.78 is 0.823. The molecule has 1 aromatic rings. The molecular weight excluding hydrogens is 317 g/mol. The van der Waals surface area contributed by atoms with E-state index in [1.165, 1.54) is 4.88 Å². The largest absolute Gasteiger partial charge is 0.355 e. The number of carbonyl (C=O) groups excluding carboxylic acids is 1. The van der Waals surface area contributed by atoms with Gasteiger partial charge in [-0.15, -0.1) is 23.7 Å². The van der Waals surface area contributed by atoms with Crippen molar-refractivity contribution in [1.29, 1.82) is 0 Å². The maximum atomic E-state index is 11.9. The normalized spacial score (nSPS) is 19.4. The maximum absolute atomic E-state index is 11.9. The molecule has 1 unspecified atom stereocenters. The number of piperidine rings is 1. The van der Waals surface area contributed by atoms with E-state index in [9.17, 15) is 4.79 Å². The lowest BCUT2D eigenvalue weighted by atomic mass is 9.97. The van der Waals surface area contributed by atoms with Gasteiger partial charge < -0.3 is 11.1 Å². The molecule has 0 radical (unpaired) electrons. The zero-order chi connectivity index (χ0) is 13.7. The van der Waals surface area contributed by atoms with Crippen LogP contribution in [0, 0.1) is 5.92 Å². The van der Waals surface area contributed by atoms with E-state index in [0.717, 1.165) is 36.8 Å². The highest BCUT2D eigenvalue weighted by atomic mass is 35.5. The van der Waals surface area contributed by atoms with Crippen molar-refractivity contribution >= 4 is 41.3 Å². The third-order valence-corrected chi connectivity index (χ3v) is 4.54. The van der Waals surface area contributed by atoms with Crippen molar-refractivity contribution in [2.45, 2.75) is 19.4 Å². The lowest BCUT2D eigenvalue weighted by Gasteiger charge is -2.31. The first-order chi connectivity index (χ1) is 9.19. The van der Waals surface area contributed by atoms with Crippen molar-refractivity contribution in [2.75, 3.05) is 26.2 Å². The number of nitrogens with zero attached hydrogens (tertiary/aromatic N) is 1. The van der Waals surface area contributed by atoms with Gasteiger partial charge >= 0.3 is 0 Å². The van der Waals surface area contributed by atoms with E-state index < -0.39 is 0 Å². The summed E-state index contributed by atoms with van der Waals surface area (Å²) in [5, 5.41) is 2.88. The van der Waals surface area contributed by atoms with E-state index >= 15 is 0 Å². The Morgan fingerprint density at radius 1 is 1.55 bits per heavy atom. The van der Waals surface area contributed by atoms with Crippen LogP contribution < -0.4 is 11.1 Å². The van der Waals surface area contributed by atoms with Crippen LogP contribution in [0.4, 0.5) is 0 Å². The van der Waals surface area contributed by atoms with Gasteiger partial charge in [0.15, 0.2) is 0 Å². The fraction of sp³-hybridized carbons (Fsp3) is 0.615. The molecule has 3 N–H and O–H groups in total. The van der Waals surface area contributed by atoms with Gasteiger partial charge in [0.2, 0.25) is 5.91 Å². The molecule has 2 heterocycles. The van der Waals surface area contributed by atoms with Gasteiger partial charge in [-0.05, 0) is 31.5 Å². The molecular formula is C13H21Cl2N3OS. The van der Waals surface area contributed by atoms with Gasteiger partial charge in [0.1, 0.15) is 0 Å². The Balaban J connectivity index is 0.00000200. The second-order valence-corrected chi connectivity index (χ2v) is 6.66. The molecule has 1 saturated heterocycles. The van der Waals surface area contributed by atoms with Gasteiger partial charge in [-0.3, -0.25) is 9.69 Å². The number of amides is 1. The maximum Gasteiger partial charge on any atom is 0.224 e. The van der Waals surface area contributed by atoms with E-state index in [0.29, 0.717) is 13.1 Å². The molecule has 20 heavy (non-hydrogen) atoms. The Labute approximate surface area is 135 Å². The van der Waals surface area contributed by atoms with Crippen molar-refractivity contribution in [3.8, 4) is 0 Å². The van der Waals surface area contributed by atoms with Gasteiger partial charge in [-0.25, -0.2) is 0 Å². The van der Waals surface area contributed by atoms with Crippen LogP contribution in [0.15, 0.2) is 12.1 Å². The predicted octanol–water partition coefficient (Wildman–Crippen LogP) is 2.11. The summed E-state index contributed by atoms with van der Waals surface area (Å²) in [6, 6.07) is 3.99. The summed E-state index contributed by atoms with van der Waals surface area (Å²) in [6.07, 6.45) is 2.04. The highest BCUT2D eigenvalue weighted by Crippen LogP contribution is 2.25. The number of likely N-dealkylation sites (tertiary alicyclic amines) is 1. The number of thiophene rings is 1. The number of nitrogens with two attached hydrogens (primary N) is 1. The number of hydrogen-bond donors (Lipinski definition) is 2. The molecule has 0 bridgehead atoms. The van der Waals surface area contributed by atoms with Crippen LogP contribution in [0.5, 0.6) is 0 Å². The number of rotatable bonds is 5. The summed E-state index contributed by atoms with van der Waals surface area (Å²) in [4.78, 5) is 15.5. The molecule has 4 nitrogen and oxygen atoms in total. The third kappa shape index (κ3) is 5.22. The van der Waals surface area contributed by atoms with E-state index in [1.807, 2.05) is 6.07 Å². The number of nitrogens with one attached hydrogen (secondary N) is 1. The molecule has 1 atom stereocenters. The van der Waals surface area contributed by atoms with E-state index in [-0.39, 0.29) is 24.2 Å². The summed E-state index contributed by atoms with van der Waals surface area (Å²) in [5.41, 5.74) is 5.40. The van der Waals surface area contributed by atoms with Crippen LogP contribution in [-0.4, -0.2) is 37.0 Å². The number of carbonyl (C=O) groups is 1. The molecule has 114 valence electrons. The Hall–Kier alpha value is -0.330.